The lowest BCUT2D eigenvalue weighted by Gasteiger charge is -2.14. The van der Waals surface area contributed by atoms with Crippen molar-refractivity contribution in [3.63, 3.8) is 0 Å². The second-order valence-corrected chi connectivity index (χ2v) is 5.35. The molecule has 2 rings (SSSR count). The van der Waals surface area contributed by atoms with Crippen LogP contribution in [0.15, 0.2) is 42.5 Å². The molecular formula is C16H17ClN2OS. The van der Waals surface area contributed by atoms with Gasteiger partial charge in [0.2, 0.25) is 0 Å². The monoisotopic (exact) mass is 320 g/mol. The maximum Gasteiger partial charge on any atom is 0.171 e. The lowest BCUT2D eigenvalue weighted by molar-refractivity contribution is 0.409. The molecule has 0 unspecified atom stereocenters. The van der Waals surface area contributed by atoms with Gasteiger partial charge in [0.15, 0.2) is 5.11 Å². The Hall–Kier alpha value is -1.78. The average molecular weight is 321 g/mol. The van der Waals surface area contributed by atoms with Gasteiger partial charge in [0.25, 0.3) is 0 Å². The standard InChI is InChI=1S/C16H17ClN2OS/c1-11-13(17)7-5-8-14(11)19-16(21)18-10-12-6-3-4-9-15(12)20-2/h3-9H,10H2,1-2H3,(H2,18,19,21). The summed E-state index contributed by atoms with van der Waals surface area (Å²) in [5.41, 5.74) is 2.92. The van der Waals surface area contributed by atoms with Crippen LogP contribution < -0.4 is 15.4 Å². The van der Waals surface area contributed by atoms with Crippen LogP contribution in [0, 0.1) is 6.92 Å². The van der Waals surface area contributed by atoms with E-state index in [0.29, 0.717) is 16.7 Å². The molecule has 0 saturated heterocycles. The summed E-state index contributed by atoms with van der Waals surface area (Å²) in [5.74, 6) is 0.840. The SMILES string of the molecule is COc1ccccc1CNC(=S)Nc1cccc(Cl)c1C. The summed E-state index contributed by atoms with van der Waals surface area (Å²) in [6.07, 6.45) is 0. The molecule has 2 N–H and O–H groups in total. The Bertz CT molecular complexity index is 646. The van der Waals surface area contributed by atoms with Crippen LogP contribution in [0.2, 0.25) is 5.02 Å². The molecule has 5 heteroatoms. The maximum absolute atomic E-state index is 6.09. The largest absolute Gasteiger partial charge is 0.496 e. The molecule has 0 radical (unpaired) electrons. The quantitative estimate of drug-likeness (QED) is 0.829. The molecule has 0 atom stereocenters. The second kappa shape index (κ2) is 7.29. The molecule has 0 spiro atoms. The van der Waals surface area contributed by atoms with Gasteiger partial charge < -0.3 is 15.4 Å². The number of thiocarbonyl (C=S) groups is 1. The van der Waals surface area contributed by atoms with Gasteiger partial charge in [-0.15, -0.1) is 0 Å². The zero-order valence-electron chi connectivity index (χ0n) is 11.9. The zero-order chi connectivity index (χ0) is 15.2. The molecule has 0 fully saturated rings. The highest BCUT2D eigenvalue weighted by molar-refractivity contribution is 7.80. The van der Waals surface area contributed by atoms with Crippen LogP contribution in [0.5, 0.6) is 5.75 Å². The summed E-state index contributed by atoms with van der Waals surface area (Å²) in [7, 11) is 1.66. The highest BCUT2D eigenvalue weighted by Gasteiger charge is 2.05. The third kappa shape index (κ3) is 4.09. The number of hydrogen-bond acceptors (Lipinski definition) is 2. The molecule has 0 amide bonds. The van der Waals surface area contributed by atoms with Gasteiger partial charge in [0.1, 0.15) is 5.75 Å². The van der Waals surface area contributed by atoms with Gasteiger partial charge >= 0.3 is 0 Å². The number of rotatable bonds is 4. The summed E-state index contributed by atoms with van der Waals surface area (Å²) >= 11 is 11.4. The van der Waals surface area contributed by atoms with Crippen molar-refractivity contribution in [1.82, 2.24) is 5.32 Å². The van der Waals surface area contributed by atoms with E-state index in [2.05, 4.69) is 10.6 Å². The van der Waals surface area contributed by atoms with Crippen LogP contribution in [0.3, 0.4) is 0 Å². The number of benzene rings is 2. The summed E-state index contributed by atoms with van der Waals surface area (Å²) in [5, 5.41) is 7.58. The molecule has 0 saturated carbocycles. The van der Waals surface area contributed by atoms with Crippen molar-refractivity contribution in [2.75, 3.05) is 12.4 Å². The van der Waals surface area contributed by atoms with E-state index in [-0.39, 0.29) is 0 Å². The summed E-state index contributed by atoms with van der Waals surface area (Å²) in [4.78, 5) is 0. The summed E-state index contributed by atoms with van der Waals surface area (Å²) in [6.45, 7) is 2.54. The maximum atomic E-state index is 6.09. The van der Waals surface area contributed by atoms with Crippen LogP contribution in [0.1, 0.15) is 11.1 Å². The van der Waals surface area contributed by atoms with Crippen LogP contribution >= 0.6 is 23.8 Å². The van der Waals surface area contributed by atoms with Crippen LogP contribution in [0.25, 0.3) is 0 Å². The van der Waals surface area contributed by atoms with Crippen molar-refractivity contribution in [2.45, 2.75) is 13.5 Å². The van der Waals surface area contributed by atoms with E-state index in [0.717, 1.165) is 22.6 Å². The van der Waals surface area contributed by atoms with E-state index in [4.69, 9.17) is 28.6 Å². The third-order valence-electron chi connectivity index (χ3n) is 3.15. The van der Waals surface area contributed by atoms with E-state index in [1.165, 1.54) is 0 Å². The molecule has 0 aromatic heterocycles. The minimum Gasteiger partial charge on any atom is -0.496 e. The number of para-hydroxylation sites is 1. The number of nitrogens with one attached hydrogen (secondary N) is 2. The second-order valence-electron chi connectivity index (χ2n) is 4.53. The molecule has 0 aliphatic rings. The minimum absolute atomic E-state index is 0.547. The molecule has 110 valence electrons. The van der Waals surface area contributed by atoms with E-state index in [1.54, 1.807) is 7.11 Å². The molecule has 2 aromatic carbocycles. The van der Waals surface area contributed by atoms with Crippen LogP contribution in [0.4, 0.5) is 5.69 Å². The Morgan fingerprint density at radius 2 is 1.95 bits per heavy atom. The first-order valence-electron chi connectivity index (χ1n) is 6.53. The zero-order valence-corrected chi connectivity index (χ0v) is 13.5. The number of hydrogen-bond donors (Lipinski definition) is 2. The first kappa shape index (κ1) is 15.6. The summed E-state index contributed by atoms with van der Waals surface area (Å²) in [6, 6.07) is 13.5. The molecule has 0 bridgehead atoms. The van der Waals surface area contributed by atoms with Crippen molar-refractivity contribution >= 4 is 34.6 Å². The predicted octanol–water partition coefficient (Wildman–Crippen LogP) is 4.14. The highest BCUT2D eigenvalue weighted by Crippen LogP contribution is 2.23. The average Bonchev–Trinajstić information content (AvgIpc) is 2.50. The van der Waals surface area contributed by atoms with Crippen LogP contribution in [-0.4, -0.2) is 12.2 Å². The molecular weight excluding hydrogens is 304 g/mol. The van der Waals surface area contributed by atoms with Gasteiger partial charge in [0, 0.05) is 22.8 Å². The predicted molar refractivity (Wildman–Crippen MR) is 92.2 cm³/mol. The molecule has 0 aliphatic carbocycles. The smallest absolute Gasteiger partial charge is 0.171 e. The van der Waals surface area contributed by atoms with E-state index >= 15 is 0 Å². The fraction of sp³-hybridized carbons (Fsp3) is 0.188. The Balaban J connectivity index is 1.98. The van der Waals surface area contributed by atoms with Gasteiger partial charge in [-0.1, -0.05) is 35.9 Å². The highest BCUT2D eigenvalue weighted by atomic mass is 35.5. The Morgan fingerprint density at radius 1 is 1.19 bits per heavy atom. The van der Waals surface area contributed by atoms with Crippen molar-refractivity contribution in [1.29, 1.82) is 0 Å². The Labute approximate surface area is 135 Å². The normalized spacial score (nSPS) is 10.0. The number of ether oxygens (including phenoxy) is 1. The molecule has 0 heterocycles. The fourth-order valence-electron chi connectivity index (χ4n) is 1.93. The van der Waals surface area contributed by atoms with E-state index < -0.39 is 0 Å². The lowest BCUT2D eigenvalue weighted by Crippen LogP contribution is -2.28. The molecule has 2 aromatic rings. The van der Waals surface area contributed by atoms with E-state index in [9.17, 15) is 0 Å². The van der Waals surface area contributed by atoms with Crippen molar-refractivity contribution in [3.05, 3.63) is 58.6 Å². The topological polar surface area (TPSA) is 33.3 Å². The Morgan fingerprint density at radius 3 is 2.71 bits per heavy atom. The van der Waals surface area contributed by atoms with E-state index in [1.807, 2.05) is 49.4 Å². The number of halogens is 1. The minimum atomic E-state index is 0.547. The van der Waals surface area contributed by atoms with Gasteiger partial charge in [-0.25, -0.2) is 0 Å². The third-order valence-corrected chi connectivity index (χ3v) is 3.80. The summed E-state index contributed by atoms with van der Waals surface area (Å²) < 4.78 is 5.31. The fourth-order valence-corrected chi connectivity index (χ4v) is 2.29. The molecule has 21 heavy (non-hydrogen) atoms. The molecule has 0 aliphatic heterocycles. The Kier molecular flexibility index (Phi) is 5.42. The van der Waals surface area contributed by atoms with Gasteiger partial charge in [-0.3, -0.25) is 0 Å². The lowest BCUT2D eigenvalue weighted by atomic mass is 10.2. The van der Waals surface area contributed by atoms with Gasteiger partial charge in [0.05, 0.1) is 7.11 Å². The number of anilines is 1. The van der Waals surface area contributed by atoms with Crippen LogP contribution in [-0.2, 0) is 6.54 Å². The van der Waals surface area contributed by atoms with Gasteiger partial charge in [-0.2, -0.15) is 0 Å². The van der Waals surface area contributed by atoms with Crippen molar-refractivity contribution in [3.8, 4) is 5.75 Å². The molecule has 3 nitrogen and oxygen atoms in total. The van der Waals surface area contributed by atoms with Crippen molar-refractivity contribution in [2.24, 2.45) is 0 Å². The van der Waals surface area contributed by atoms with Crippen molar-refractivity contribution < 1.29 is 4.74 Å². The number of methoxy groups -OCH3 is 1. The first-order chi connectivity index (χ1) is 10.1. The van der Waals surface area contributed by atoms with Gasteiger partial charge in [-0.05, 0) is 42.9 Å². The first-order valence-corrected chi connectivity index (χ1v) is 7.32.